The van der Waals surface area contributed by atoms with Crippen LogP contribution in [0.5, 0.6) is 5.75 Å². The first-order valence-corrected chi connectivity index (χ1v) is 17.1. The third-order valence-electron chi connectivity index (χ3n) is 8.49. The van der Waals surface area contributed by atoms with E-state index in [2.05, 4.69) is 36.2 Å². The highest BCUT2D eigenvalue weighted by Gasteiger charge is 2.30. The maximum Gasteiger partial charge on any atom is 0.307 e. The van der Waals surface area contributed by atoms with Crippen LogP contribution < -0.4 is 15.0 Å². The molecule has 0 aliphatic carbocycles. The molecule has 3 N–H and O–H groups in total. The number of hydrogen-bond acceptors (Lipinski definition) is 6. The maximum absolute atomic E-state index is 13.2. The Kier molecular flexibility index (Phi) is 13.0. The number of aryl methyl sites for hydroxylation is 1. The van der Waals surface area contributed by atoms with Crippen LogP contribution in [0.4, 0.5) is 10.1 Å². The molecule has 5 rings (SSSR count). The van der Waals surface area contributed by atoms with Crippen LogP contribution in [0.3, 0.4) is 0 Å². The SMILES string of the molecule is CC(C)(C)O.Cc1nc(CNCc2ccccc2)c(-c2ccc(OCCc3ccc(F)cc3)cc2)c(N2CCC(C)(C)CC2)c1CC(=O)O. The van der Waals surface area contributed by atoms with Crippen molar-refractivity contribution in [2.75, 3.05) is 24.6 Å². The van der Waals surface area contributed by atoms with Gasteiger partial charge < -0.3 is 25.2 Å². The van der Waals surface area contributed by atoms with E-state index in [4.69, 9.17) is 14.8 Å². The molecule has 1 aliphatic heterocycles. The Morgan fingerprint density at radius 3 is 2.14 bits per heavy atom. The molecule has 0 radical (unpaired) electrons. The quantitative estimate of drug-likeness (QED) is 0.140. The fourth-order valence-corrected chi connectivity index (χ4v) is 5.84. The number of halogens is 1. The molecule has 2 heterocycles. The molecule has 0 saturated carbocycles. The van der Waals surface area contributed by atoms with Gasteiger partial charge in [0.15, 0.2) is 0 Å². The lowest BCUT2D eigenvalue weighted by Crippen LogP contribution is -2.38. The number of aliphatic hydroxyl groups is 1. The van der Waals surface area contributed by atoms with E-state index in [0.29, 0.717) is 26.1 Å². The molecule has 0 amide bonds. The Morgan fingerprint density at radius 2 is 1.55 bits per heavy atom. The first-order chi connectivity index (χ1) is 23.2. The second-order valence-corrected chi connectivity index (χ2v) is 14.6. The number of aromatic nitrogens is 1. The molecular weight excluding hydrogens is 617 g/mol. The van der Waals surface area contributed by atoms with Crippen LogP contribution in [-0.4, -0.2) is 46.5 Å². The van der Waals surface area contributed by atoms with E-state index in [1.807, 2.05) is 49.4 Å². The summed E-state index contributed by atoms with van der Waals surface area (Å²) in [7, 11) is 0. The first-order valence-electron chi connectivity index (χ1n) is 17.1. The Hall–Kier alpha value is -4.27. The fraction of sp³-hybridized carbons (Fsp3) is 0.415. The zero-order valence-corrected chi connectivity index (χ0v) is 29.9. The van der Waals surface area contributed by atoms with Gasteiger partial charge in [-0.25, -0.2) is 4.39 Å². The normalized spacial score (nSPS) is 14.2. The standard InChI is InChI=1S/C37H42FN3O3.C4H10O/c1-26-32(23-34(42)43)36(41-20-18-37(2,3)19-21-41)35(33(40-26)25-39-24-28-7-5-4-6-8-28)29-11-15-31(16-12-29)44-22-17-27-9-13-30(38)14-10-27;1-4(2,3)5/h4-16,39H,17-25H2,1-3H3,(H,42,43);5H,1-3H3. The van der Waals surface area contributed by atoms with Crippen molar-refractivity contribution in [3.8, 4) is 16.9 Å². The molecule has 7 nitrogen and oxygen atoms in total. The number of hydrogen-bond donors (Lipinski definition) is 3. The predicted molar refractivity (Wildman–Crippen MR) is 196 cm³/mol. The number of carboxylic acids is 1. The van der Waals surface area contributed by atoms with Crippen LogP contribution in [0.15, 0.2) is 78.9 Å². The smallest absolute Gasteiger partial charge is 0.307 e. The van der Waals surface area contributed by atoms with Crippen molar-refractivity contribution in [3.05, 3.63) is 113 Å². The number of ether oxygens (including phenoxy) is 1. The van der Waals surface area contributed by atoms with E-state index in [1.165, 1.54) is 17.7 Å². The van der Waals surface area contributed by atoms with Gasteiger partial charge in [-0.1, -0.05) is 68.4 Å². The number of carboxylic acid groups (broad SMARTS) is 1. The Morgan fingerprint density at radius 1 is 0.939 bits per heavy atom. The lowest BCUT2D eigenvalue weighted by atomic mass is 9.82. The largest absolute Gasteiger partial charge is 0.493 e. The average molecular weight is 670 g/mol. The Bertz CT molecular complexity index is 1630. The third kappa shape index (κ3) is 12.0. The molecule has 49 heavy (non-hydrogen) atoms. The number of piperidine rings is 1. The summed E-state index contributed by atoms with van der Waals surface area (Å²) in [6, 6.07) is 24.8. The van der Waals surface area contributed by atoms with E-state index < -0.39 is 11.6 Å². The zero-order chi connectivity index (χ0) is 35.6. The summed E-state index contributed by atoms with van der Waals surface area (Å²) in [6.07, 6.45) is 2.66. The van der Waals surface area contributed by atoms with Gasteiger partial charge in [0.2, 0.25) is 0 Å². The van der Waals surface area contributed by atoms with E-state index >= 15 is 0 Å². The molecule has 0 spiro atoms. The summed E-state index contributed by atoms with van der Waals surface area (Å²) >= 11 is 0. The van der Waals surface area contributed by atoms with E-state index in [0.717, 1.165) is 71.0 Å². The van der Waals surface area contributed by atoms with Gasteiger partial charge in [-0.2, -0.15) is 0 Å². The summed E-state index contributed by atoms with van der Waals surface area (Å²) < 4.78 is 19.3. The number of anilines is 1. The van der Waals surface area contributed by atoms with Gasteiger partial charge in [-0.15, -0.1) is 0 Å². The number of nitrogens with zero attached hydrogens (tertiary/aromatic N) is 2. The van der Waals surface area contributed by atoms with Crippen molar-refractivity contribution >= 4 is 11.7 Å². The van der Waals surface area contributed by atoms with Crippen molar-refractivity contribution in [3.63, 3.8) is 0 Å². The van der Waals surface area contributed by atoms with E-state index in [1.54, 1.807) is 32.9 Å². The summed E-state index contributed by atoms with van der Waals surface area (Å²) in [5.74, 6) is -0.365. The van der Waals surface area contributed by atoms with E-state index in [9.17, 15) is 14.3 Å². The molecule has 8 heteroatoms. The molecular formula is C41H52FN3O4. The second-order valence-electron chi connectivity index (χ2n) is 14.6. The van der Waals surface area contributed by atoms with Crippen LogP contribution in [0.25, 0.3) is 11.1 Å². The summed E-state index contributed by atoms with van der Waals surface area (Å²) in [6.45, 7) is 15.2. The van der Waals surface area contributed by atoms with Gasteiger partial charge >= 0.3 is 5.97 Å². The highest BCUT2D eigenvalue weighted by atomic mass is 19.1. The van der Waals surface area contributed by atoms with Crippen molar-refractivity contribution in [2.24, 2.45) is 5.41 Å². The summed E-state index contributed by atoms with van der Waals surface area (Å²) in [4.78, 5) is 19.5. The highest BCUT2D eigenvalue weighted by molar-refractivity contribution is 5.86. The third-order valence-corrected chi connectivity index (χ3v) is 8.49. The second kappa shape index (κ2) is 16.9. The van der Waals surface area contributed by atoms with Crippen LogP contribution in [-0.2, 0) is 30.7 Å². The summed E-state index contributed by atoms with van der Waals surface area (Å²) in [5.41, 5.74) is 7.33. The Balaban J connectivity index is 0.00000101. The van der Waals surface area contributed by atoms with Gasteiger partial charge in [0.25, 0.3) is 0 Å². The molecule has 0 bridgehead atoms. The lowest BCUT2D eigenvalue weighted by molar-refractivity contribution is -0.136. The first kappa shape index (κ1) is 37.5. The molecule has 4 aromatic rings. The number of aliphatic carboxylic acids is 1. The number of carbonyl (C=O) groups is 1. The van der Waals surface area contributed by atoms with Gasteiger partial charge in [-0.05, 0) is 86.9 Å². The monoisotopic (exact) mass is 669 g/mol. The molecule has 0 unspecified atom stereocenters. The van der Waals surface area contributed by atoms with Gasteiger partial charge in [0.1, 0.15) is 11.6 Å². The van der Waals surface area contributed by atoms with Crippen LogP contribution in [0.2, 0.25) is 0 Å². The van der Waals surface area contributed by atoms with Crippen LogP contribution in [0, 0.1) is 18.2 Å². The number of rotatable bonds is 12. The topological polar surface area (TPSA) is 94.9 Å². The van der Waals surface area contributed by atoms with Crippen molar-refractivity contribution in [1.82, 2.24) is 10.3 Å². The van der Waals surface area contributed by atoms with Crippen molar-refractivity contribution < 1.29 is 24.1 Å². The van der Waals surface area contributed by atoms with Gasteiger partial charge in [0, 0.05) is 49.4 Å². The molecule has 1 fully saturated rings. The zero-order valence-electron chi connectivity index (χ0n) is 29.9. The van der Waals surface area contributed by atoms with Crippen molar-refractivity contribution in [1.29, 1.82) is 0 Å². The number of nitrogens with one attached hydrogen (secondary N) is 1. The summed E-state index contributed by atoms with van der Waals surface area (Å²) in [5, 5.41) is 22.0. The van der Waals surface area contributed by atoms with Gasteiger partial charge in [0.05, 0.1) is 30.0 Å². The Labute approximate surface area is 291 Å². The molecule has 262 valence electrons. The fourth-order valence-electron chi connectivity index (χ4n) is 5.84. The predicted octanol–water partition coefficient (Wildman–Crippen LogP) is 8.14. The molecule has 3 aromatic carbocycles. The van der Waals surface area contributed by atoms with Crippen molar-refractivity contribution in [2.45, 2.75) is 85.9 Å². The minimum Gasteiger partial charge on any atom is -0.493 e. The molecule has 1 aliphatic rings. The minimum atomic E-state index is -0.862. The molecule has 0 atom stereocenters. The molecule has 1 aromatic heterocycles. The van der Waals surface area contributed by atoms with Crippen LogP contribution in [0.1, 0.15) is 75.5 Å². The van der Waals surface area contributed by atoms with Gasteiger partial charge in [-0.3, -0.25) is 9.78 Å². The van der Waals surface area contributed by atoms with E-state index in [-0.39, 0.29) is 17.7 Å². The number of pyridine rings is 1. The minimum absolute atomic E-state index is 0.0800. The maximum atomic E-state index is 13.2. The van der Waals surface area contributed by atoms with Crippen LogP contribution >= 0.6 is 0 Å². The number of benzene rings is 3. The highest BCUT2D eigenvalue weighted by Crippen LogP contribution is 2.42. The lowest BCUT2D eigenvalue weighted by Gasteiger charge is -2.40. The molecule has 1 saturated heterocycles. The average Bonchev–Trinajstić information content (AvgIpc) is 3.03.